The third-order valence-corrected chi connectivity index (χ3v) is 14.3. The lowest BCUT2D eigenvalue weighted by molar-refractivity contribution is -0.142. The molecule has 1 saturated heterocycles. The monoisotopic (exact) mass is 760 g/mol. The first-order chi connectivity index (χ1) is 26.6. The maximum atomic E-state index is 14.8. The van der Waals surface area contributed by atoms with E-state index in [-0.39, 0.29) is 42.9 Å². The standard InChI is InChI=1S/C44H48N4O6S/c1-43(23-24-43)55(52,53)47-42(51)44-27-33(44)20-12-4-2-3-9-19-32(25-30-15-7-5-8-16-30)41(50)48-29-34(26-37(48)38(49)28-44)54-40-35-21-13-14-22-36(35)45-39(46-40)31-17-10-6-11-18-31/h5-8,10-18,20-22,32-34,37H,2-4,9,19,23-29H2,1H3,(H,47,51)/b20-12-/t32-,33-,34-,37+,44-/m1/s1. The van der Waals surface area contributed by atoms with Crippen LogP contribution in [0.4, 0.5) is 0 Å². The first kappa shape index (κ1) is 37.0. The first-order valence-corrected chi connectivity index (χ1v) is 21.1. The number of aromatic nitrogens is 2. The molecule has 0 radical (unpaired) electrons. The Balaban J connectivity index is 1.13. The lowest BCUT2D eigenvalue weighted by atomic mass is 9.90. The Kier molecular flexibility index (Phi) is 10.1. The Bertz CT molecular complexity index is 2220. The molecule has 1 N–H and O–H groups in total. The molecule has 3 heterocycles. The number of rotatable bonds is 8. The molecule has 2 saturated carbocycles. The van der Waals surface area contributed by atoms with Crippen molar-refractivity contribution in [2.24, 2.45) is 17.3 Å². The number of hydrogen-bond donors (Lipinski definition) is 1. The van der Waals surface area contributed by atoms with Crippen molar-refractivity contribution in [2.75, 3.05) is 6.54 Å². The van der Waals surface area contributed by atoms with E-state index in [4.69, 9.17) is 14.7 Å². The minimum Gasteiger partial charge on any atom is -0.472 e. The quantitative estimate of drug-likeness (QED) is 0.190. The summed E-state index contributed by atoms with van der Waals surface area (Å²) in [5.74, 6) is -0.722. The summed E-state index contributed by atoms with van der Waals surface area (Å²) in [6.45, 7) is 1.82. The van der Waals surface area contributed by atoms with E-state index in [0.29, 0.717) is 49.3 Å². The molecule has 3 fully saturated rings. The highest BCUT2D eigenvalue weighted by molar-refractivity contribution is 7.91. The third kappa shape index (κ3) is 7.68. The van der Waals surface area contributed by atoms with E-state index in [1.165, 1.54) is 0 Å². The predicted octanol–water partition coefficient (Wildman–Crippen LogP) is 6.99. The molecule has 8 rings (SSSR count). The fourth-order valence-corrected chi connectivity index (χ4v) is 9.66. The van der Waals surface area contributed by atoms with Crippen LogP contribution in [0.25, 0.3) is 22.3 Å². The van der Waals surface area contributed by atoms with E-state index in [2.05, 4.69) is 10.8 Å². The zero-order chi connectivity index (χ0) is 38.2. The topological polar surface area (TPSA) is 136 Å². The molecule has 0 bridgehead atoms. The second-order valence-corrected chi connectivity index (χ2v) is 18.4. The highest BCUT2D eigenvalue weighted by Gasteiger charge is 2.62. The van der Waals surface area contributed by atoms with Gasteiger partial charge in [-0.3, -0.25) is 19.1 Å². The van der Waals surface area contributed by atoms with E-state index >= 15 is 0 Å². The predicted molar refractivity (Wildman–Crippen MR) is 210 cm³/mol. The molecule has 1 aromatic heterocycles. The number of nitrogens with one attached hydrogen (secondary N) is 1. The zero-order valence-corrected chi connectivity index (χ0v) is 32.0. The summed E-state index contributed by atoms with van der Waals surface area (Å²) >= 11 is 0. The Hall–Kier alpha value is -4.90. The maximum absolute atomic E-state index is 14.8. The van der Waals surface area contributed by atoms with Crippen LogP contribution in [0.3, 0.4) is 0 Å². The van der Waals surface area contributed by atoms with Gasteiger partial charge in [-0.1, -0.05) is 97.8 Å². The van der Waals surface area contributed by atoms with Crippen molar-refractivity contribution in [2.45, 2.75) is 94.4 Å². The molecule has 286 valence electrons. The Morgan fingerprint density at radius 2 is 1.65 bits per heavy atom. The smallest absolute Gasteiger partial charge is 0.240 e. The fourth-order valence-electron chi connectivity index (χ4n) is 8.33. The number of allylic oxidation sites excluding steroid dienone is 2. The van der Waals surface area contributed by atoms with Crippen molar-refractivity contribution in [1.82, 2.24) is 19.6 Å². The van der Waals surface area contributed by atoms with Crippen LogP contribution in [0, 0.1) is 17.3 Å². The molecule has 4 aromatic rings. The number of Topliss-reactive ketones (excluding diaryl/α,β-unsaturated/α-hetero) is 1. The summed E-state index contributed by atoms with van der Waals surface area (Å²) < 4.78 is 34.6. The number of fused-ring (bicyclic) bond motifs is 3. The lowest BCUT2D eigenvalue weighted by Crippen LogP contribution is -2.47. The normalized spacial score (nSPS) is 27.3. The van der Waals surface area contributed by atoms with Crippen LogP contribution in [-0.2, 0) is 30.8 Å². The van der Waals surface area contributed by atoms with Crippen molar-refractivity contribution in [3.8, 4) is 17.3 Å². The van der Waals surface area contributed by atoms with Gasteiger partial charge in [-0.15, -0.1) is 0 Å². The average Bonchev–Trinajstić information content (AvgIpc) is 4.07. The van der Waals surface area contributed by atoms with E-state index in [0.717, 1.165) is 42.2 Å². The Morgan fingerprint density at radius 3 is 2.42 bits per heavy atom. The molecule has 0 spiro atoms. The minimum absolute atomic E-state index is 0.103. The van der Waals surface area contributed by atoms with E-state index < -0.39 is 38.2 Å². The number of ether oxygens (including phenoxy) is 1. The van der Waals surface area contributed by atoms with Crippen LogP contribution in [0.2, 0.25) is 0 Å². The van der Waals surface area contributed by atoms with E-state index in [9.17, 15) is 22.8 Å². The third-order valence-electron chi connectivity index (χ3n) is 12.2. The van der Waals surface area contributed by atoms with Crippen molar-refractivity contribution in [1.29, 1.82) is 0 Å². The summed E-state index contributed by atoms with van der Waals surface area (Å²) in [5, 5.41) is 0.722. The van der Waals surface area contributed by atoms with Crippen LogP contribution in [-0.4, -0.2) is 64.3 Å². The minimum atomic E-state index is -3.91. The molecule has 2 aliphatic heterocycles. The summed E-state index contributed by atoms with van der Waals surface area (Å²) in [6, 6.07) is 26.4. The van der Waals surface area contributed by atoms with Gasteiger partial charge in [0.05, 0.1) is 33.7 Å². The average molecular weight is 761 g/mol. The van der Waals surface area contributed by atoms with Crippen molar-refractivity contribution < 1.29 is 27.5 Å². The summed E-state index contributed by atoms with van der Waals surface area (Å²) in [4.78, 5) is 54.8. The molecule has 5 atom stereocenters. The second kappa shape index (κ2) is 15.0. The Morgan fingerprint density at radius 1 is 0.927 bits per heavy atom. The van der Waals surface area contributed by atoms with Gasteiger partial charge in [0.2, 0.25) is 27.7 Å². The van der Waals surface area contributed by atoms with Gasteiger partial charge in [0.15, 0.2) is 11.6 Å². The van der Waals surface area contributed by atoms with Gasteiger partial charge in [0, 0.05) is 24.3 Å². The van der Waals surface area contributed by atoms with Crippen molar-refractivity contribution >= 4 is 38.5 Å². The van der Waals surface area contributed by atoms with E-state index in [1.54, 1.807) is 11.8 Å². The van der Waals surface area contributed by atoms with Crippen molar-refractivity contribution in [3.05, 3.63) is 103 Å². The SMILES string of the molecule is CC1(S(=O)(=O)NC(=O)[C@]23CC(=O)[C@@H]4C[C@@H](Oc5nc(-c6ccccc6)nc6ccccc56)CN4C(=O)[C@@H](Cc4ccccc4)CCCCC/C=C\[C@@H]2C3)CC1. The number of sulfonamides is 1. The molecule has 55 heavy (non-hydrogen) atoms. The van der Waals surface area contributed by atoms with Gasteiger partial charge >= 0.3 is 0 Å². The fraction of sp³-hybridized carbons (Fsp3) is 0.432. The number of para-hydroxylation sites is 1. The van der Waals surface area contributed by atoms with Gasteiger partial charge < -0.3 is 9.64 Å². The van der Waals surface area contributed by atoms with Gasteiger partial charge in [-0.05, 0) is 75.5 Å². The molecule has 2 amide bonds. The highest BCUT2D eigenvalue weighted by atomic mass is 32.2. The Labute approximate surface area is 322 Å². The molecule has 3 aromatic carbocycles. The van der Waals surface area contributed by atoms with Crippen LogP contribution in [0.15, 0.2) is 97.1 Å². The number of ketones is 1. The van der Waals surface area contributed by atoms with Crippen LogP contribution in [0.5, 0.6) is 5.88 Å². The van der Waals surface area contributed by atoms with Gasteiger partial charge in [0.1, 0.15) is 6.10 Å². The van der Waals surface area contributed by atoms with E-state index in [1.807, 2.05) is 91.0 Å². The van der Waals surface area contributed by atoms with Gasteiger partial charge in [-0.25, -0.2) is 13.4 Å². The molecular formula is C44H48N4O6S. The van der Waals surface area contributed by atoms with Crippen LogP contribution < -0.4 is 9.46 Å². The molecule has 10 nitrogen and oxygen atoms in total. The second-order valence-electron chi connectivity index (χ2n) is 16.2. The number of amides is 2. The zero-order valence-electron chi connectivity index (χ0n) is 31.2. The maximum Gasteiger partial charge on any atom is 0.240 e. The number of carbonyl (C=O) groups is 3. The van der Waals surface area contributed by atoms with Crippen molar-refractivity contribution in [3.63, 3.8) is 0 Å². The molecule has 11 heteroatoms. The van der Waals surface area contributed by atoms with Gasteiger partial charge in [0.25, 0.3) is 0 Å². The summed E-state index contributed by atoms with van der Waals surface area (Å²) in [5.41, 5.74) is 1.40. The highest BCUT2D eigenvalue weighted by Crippen LogP contribution is 2.57. The summed E-state index contributed by atoms with van der Waals surface area (Å²) in [6.07, 6.45) is 9.68. The lowest BCUT2D eigenvalue weighted by Gasteiger charge is -2.29. The first-order valence-electron chi connectivity index (χ1n) is 19.6. The van der Waals surface area contributed by atoms with Crippen LogP contribution in [0.1, 0.15) is 76.7 Å². The largest absolute Gasteiger partial charge is 0.472 e. The molecule has 0 unspecified atom stereocenters. The molecular weight excluding hydrogens is 713 g/mol. The summed E-state index contributed by atoms with van der Waals surface area (Å²) in [7, 11) is -3.91. The molecule has 2 aliphatic carbocycles. The number of nitrogens with zero attached hydrogens (tertiary/aromatic N) is 3. The number of hydrogen-bond acceptors (Lipinski definition) is 8. The number of benzene rings is 3. The van der Waals surface area contributed by atoms with Crippen LogP contribution >= 0.6 is 0 Å². The van der Waals surface area contributed by atoms with Gasteiger partial charge in [-0.2, -0.15) is 4.98 Å². The number of carbonyl (C=O) groups excluding carboxylic acids is 3. The molecule has 4 aliphatic rings.